The molecule has 0 spiro atoms. The van der Waals surface area contributed by atoms with Gasteiger partial charge in [0.25, 0.3) is 0 Å². The Kier molecular flexibility index (Phi) is 2.76. The van der Waals surface area contributed by atoms with Gasteiger partial charge in [-0.2, -0.15) is 0 Å². The van der Waals surface area contributed by atoms with Gasteiger partial charge in [0.15, 0.2) is 0 Å². The minimum atomic E-state index is -0.106. The highest BCUT2D eigenvalue weighted by molar-refractivity contribution is 5.75. The third-order valence-electron chi connectivity index (χ3n) is 2.42. The lowest BCUT2D eigenvalue weighted by Crippen LogP contribution is -2.25. The van der Waals surface area contributed by atoms with Crippen molar-refractivity contribution >= 4 is 6.03 Å². The minimum Gasteiger partial charge on any atom is -0.497 e. The zero-order chi connectivity index (χ0) is 10.7. The van der Waals surface area contributed by atoms with Crippen molar-refractivity contribution in [2.75, 3.05) is 20.2 Å². The number of rotatable bonds is 3. The average molecular weight is 205 g/mol. The fourth-order valence-electron chi connectivity index (χ4n) is 1.56. The molecule has 1 aromatic carbocycles. The van der Waals surface area contributed by atoms with Gasteiger partial charge in [0.1, 0.15) is 5.75 Å². The molecule has 0 aliphatic carbocycles. The van der Waals surface area contributed by atoms with Crippen molar-refractivity contribution in [1.82, 2.24) is 10.2 Å². The highest BCUT2D eigenvalue weighted by Crippen LogP contribution is 2.13. The first kappa shape index (κ1) is 9.83. The summed E-state index contributed by atoms with van der Waals surface area (Å²) < 4.78 is 5.06. The van der Waals surface area contributed by atoms with Crippen molar-refractivity contribution in [3.63, 3.8) is 0 Å². The Morgan fingerprint density at radius 1 is 1.40 bits per heavy atom. The zero-order valence-corrected chi connectivity index (χ0v) is 8.64. The van der Waals surface area contributed by atoms with E-state index >= 15 is 0 Å². The van der Waals surface area contributed by atoms with Crippen LogP contribution in [0.3, 0.4) is 0 Å². The summed E-state index contributed by atoms with van der Waals surface area (Å²) in [5.74, 6) is 0.830. The van der Waals surface area contributed by atoms with Crippen LogP contribution < -0.4 is 10.1 Å². The maximum absolute atomic E-state index is 11.2. The molecule has 0 aromatic heterocycles. The molecule has 1 radical (unpaired) electrons. The molecule has 0 bridgehead atoms. The molecule has 0 saturated carbocycles. The molecular formula is C11H13N2O2. The molecular weight excluding hydrogens is 192 g/mol. The molecule has 4 heteroatoms. The molecule has 2 rings (SSSR count). The second kappa shape index (κ2) is 4.21. The van der Waals surface area contributed by atoms with E-state index in [-0.39, 0.29) is 6.03 Å². The minimum absolute atomic E-state index is 0.106. The highest BCUT2D eigenvalue weighted by atomic mass is 16.5. The fourth-order valence-corrected chi connectivity index (χ4v) is 1.56. The summed E-state index contributed by atoms with van der Waals surface area (Å²) in [7, 11) is 1.64. The van der Waals surface area contributed by atoms with E-state index < -0.39 is 0 Å². The van der Waals surface area contributed by atoms with E-state index in [0.717, 1.165) is 17.9 Å². The first-order valence-electron chi connectivity index (χ1n) is 4.89. The highest BCUT2D eigenvalue weighted by Gasteiger charge is 2.20. The SMILES string of the molecule is COc1ccc(CN2CC[N]C2=O)cc1. The number of benzene rings is 1. The van der Waals surface area contributed by atoms with E-state index in [0.29, 0.717) is 13.1 Å². The van der Waals surface area contributed by atoms with Crippen molar-refractivity contribution in [3.8, 4) is 5.75 Å². The third kappa shape index (κ3) is 2.21. The van der Waals surface area contributed by atoms with Gasteiger partial charge in [0.2, 0.25) is 0 Å². The number of hydrogen-bond donors (Lipinski definition) is 0. The third-order valence-corrected chi connectivity index (χ3v) is 2.42. The Balaban J connectivity index is 2.01. The Hall–Kier alpha value is -1.71. The predicted molar refractivity (Wildman–Crippen MR) is 55.8 cm³/mol. The van der Waals surface area contributed by atoms with Crippen molar-refractivity contribution in [3.05, 3.63) is 29.8 Å². The number of methoxy groups -OCH3 is 1. The van der Waals surface area contributed by atoms with Crippen LogP contribution in [0, 0.1) is 0 Å². The molecule has 0 atom stereocenters. The summed E-state index contributed by atoms with van der Waals surface area (Å²) >= 11 is 0. The number of ether oxygens (including phenoxy) is 1. The molecule has 1 fully saturated rings. The van der Waals surface area contributed by atoms with Crippen LogP contribution in [0.5, 0.6) is 5.75 Å². The van der Waals surface area contributed by atoms with Crippen LogP contribution in [0.15, 0.2) is 24.3 Å². The van der Waals surface area contributed by atoms with Crippen molar-refractivity contribution in [2.45, 2.75) is 6.54 Å². The van der Waals surface area contributed by atoms with Gasteiger partial charge in [-0.3, -0.25) is 0 Å². The van der Waals surface area contributed by atoms with E-state index in [2.05, 4.69) is 5.32 Å². The van der Waals surface area contributed by atoms with Crippen LogP contribution in [-0.2, 0) is 6.54 Å². The maximum atomic E-state index is 11.2. The summed E-state index contributed by atoms with van der Waals surface area (Å²) in [5.41, 5.74) is 1.10. The van der Waals surface area contributed by atoms with E-state index in [1.807, 2.05) is 24.3 Å². The van der Waals surface area contributed by atoms with Gasteiger partial charge in [-0.25, -0.2) is 10.1 Å². The van der Waals surface area contributed by atoms with Crippen LogP contribution in [-0.4, -0.2) is 31.1 Å². The molecule has 1 aromatic rings. The molecule has 79 valence electrons. The van der Waals surface area contributed by atoms with Crippen molar-refractivity contribution in [2.24, 2.45) is 0 Å². The van der Waals surface area contributed by atoms with Gasteiger partial charge in [0, 0.05) is 13.1 Å². The molecule has 1 heterocycles. The summed E-state index contributed by atoms with van der Waals surface area (Å²) in [6, 6.07) is 7.61. The zero-order valence-electron chi connectivity index (χ0n) is 8.64. The summed E-state index contributed by atoms with van der Waals surface area (Å²) in [4.78, 5) is 13.0. The Bertz CT molecular complexity index is 348. The second-order valence-corrected chi connectivity index (χ2v) is 3.43. The largest absolute Gasteiger partial charge is 0.497 e. The van der Waals surface area contributed by atoms with Gasteiger partial charge in [-0.1, -0.05) is 12.1 Å². The molecule has 1 aliphatic heterocycles. The van der Waals surface area contributed by atoms with Gasteiger partial charge < -0.3 is 9.64 Å². The quantitative estimate of drug-likeness (QED) is 0.745. The van der Waals surface area contributed by atoms with E-state index in [1.54, 1.807) is 12.0 Å². The first-order chi connectivity index (χ1) is 7.29. The monoisotopic (exact) mass is 205 g/mol. The van der Waals surface area contributed by atoms with E-state index in [9.17, 15) is 4.79 Å². The van der Waals surface area contributed by atoms with Gasteiger partial charge >= 0.3 is 6.03 Å². The normalized spacial score (nSPS) is 15.3. The van der Waals surface area contributed by atoms with Gasteiger partial charge in [0.05, 0.1) is 13.7 Å². The Morgan fingerprint density at radius 2 is 2.13 bits per heavy atom. The molecule has 1 aliphatic rings. The number of carbonyl (C=O) groups is 1. The smallest absolute Gasteiger partial charge is 0.339 e. The number of hydrogen-bond acceptors (Lipinski definition) is 2. The lowest BCUT2D eigenvalue weighted by molar-refractivity contribution is 0.215. The van der Waals surface area contributed by atoms with Crippen molar-refractivity contribution in [1.29, 1.82) is 0 Å². The molecule has 1 saturated heterocycles. The maximum Gasteiger partial charge on any atom is 0.339 e. The topological polar surface area (TPSA) is 43.6 Å². The average Bonchev–Trinajstić information content (AvgIpc) is 2.66. The molecule has 2 amide bonds. The van der Waals surface area contributed by atoms with E-state index in [4.69, 9.17) is 4.74 Å². The fraction of sp³-hybridized carbons (Fsp3) is 0.364. The summed E-state index contributed by atoms with van der Waals surface area (Å²) in [6.45, 7) is 1.98. The molecule has 0 N–H and O–H groups in total. The van der Waals surface area contributed by atoms with Crippen LogP contribution >= 0.6 is 0 Å². The van der Waals surface area contributed by atoms with Gasteiger partial charge in [-0.15, -0.1) is 0 Å². The van der Waals surface area contributed by atoms with Crippen LogP contribution in [0.25, 0.3) is 0 Å². The standard InChI is InChI=1S/C11H13N2O2/c1-15-10-4-2-9(3-5-10)8-13-7-6-12-11(13)14/h2-5H,6-8H2,1H3. The second-order valence-electron chi connectivity index (χ2n) is 3.43. The lowest BCUT2D eigenvalue weighted by atomic mass is 10.2. The number of nitrogens with zero attached hydrogens (tertiary/aromatic N) is 2. The lowest BCUT2D eigenvalue weighted by Gasteiger charge is -2.13. The molecule has 15 heavy (non-hydrogen) atoms. The Labute approximate surface area is 88.8 Å². The molecule has 4 nitrogen and oxygen atoms in total. The van der Waals surface area contributed by atoms with Gasteiger partial charge in [-0.05, 0) is 17.7 Å². The van der Waals surface area contributed by atoms with Crippen LogP contribution in [0.2, 0.25) is 0 Å². The summed E-state index contributed by atoms with van der Waals surface area (Å²) in [5, 5.41) is 3.81. The number of urea groups is 1. The summed E-state index contributed by atoms with van der Waals surface area (Å²) in [6.07, 6.45) is 0. The number of carbonyl (C=O) groups excluding carboxylic acids is 1. The predicted octanol–water partition coefficient (Wildman–Crippen LogP) is 1.24. The Morgan fingerprint density at radius 3 is 2.67 bits per heavy atom. The van der Waals surface area contributed by atoms with Crippen LogP contribution in [0.1, 0.15) is 5.56 Å². The first-order valence-corrected chi connectivity index (χ1v) is 4.89. The van der Waals surface area contributed by atoms with Crippen LogP contribution in [0.4, 0.5) is 4.79 Å². The van der Waals surface area contributed by atoms with Crippen molar-refractivity contribution < 1.29 is 9.53 Å². The number of amides is 2. The van der Waals surface area contributed by atoms with E-state index in [1.165, 1.54) is 0 Å². The molecule has 0 unspecified atom stereocenters.